The van der Waals surface area contributed by atoms with Gasteiger partial charge >= 0.3 is 0 Å². The van der Waals surface area contributed by atoms with Crippen molar-refractivity contribution in [2.75, 3.05) is 22.5 Å². The summed E-state index contributed by atoms with van der Waals surface area (Å²) in [4.78, 5) is 0. The Morgan fingerprint density at radius 1 is 0.554 bits per heavy atom. The molecule has 15 heteroatoms. The number of hydrogen-bond acceptors (Lipinski definition) is 6. The largest absolute Gasteiger partial charge is 0.505 e. The van der Waals surface area contributed by atoms with E-state index in [1.165, 1.54) is 42.0 Å². The van der Waals surface area contributed by atoms with Gasteiger partial charge in [-0.05, 0) is 131 Å². The summed E-state index contributed by atoms with van der Waals surface area (Å²) in [6.45, 7) is 17.3. The summed E-state index contributed by atoms with van der Waals surface area (Å²) >= 11 is 15.4. The first-order valence-electron chi connectivity index (χ1n) is 17.6. The van der Waals surface area contributed by atoms with E-state index in [1.807, 2.05) is 51.1 Å². The highest BCUT2D eigenvalue weighted by atomic mass is 32.1. The van der Waals surface area contributed by atoms with Crippen LogP contribution in [0.25, 0.3) is 0 Å². The number of phenols is 3. The van der Waals surface area contributed by atoms with Crippen LogP contribution in [-0.2, 0) is 6.42 Å². The zero-order valence-electron chi connectivity index (χ0n) is 32.9. The van der Waals surface area contributed by atoms with Crippen molar-refractivity contribution in [3.05, 3.63) is 108 Å². The highest BCUT2D eigenvalue weighted by molar-refractivity contribution is 7.80. The summed E-state index contributed by atoms with van der Waals surface area (Å²) in [5.41, 5.74) is 2.58. The summed E-state index contributed by atoms with van der Waals surface area (Å²) in [5, 5.41) is 46.5. The summed E-state index contributed by atoms with van der Waals surface area (Å²) in [6, 6.07) is 22.2. The lowest BCUT2D eigenvalue weighted by atomic mass is 9.82. The van der Waals surface area contributed by atoms with Gasteiger partial charge in [-0.3, -0.25) is 0 Å². The van der Waals surface area contributed by atoms with Crippen molar-refractivity contribution in [3.8, 4) is 17.2 Å². The van der Waals surface area contributed by atoms with Crippen molar-refractivity contribution in [2.45, 2.75) is 79.3 Å². The molecule has 0 spiro atoms. The molecule has 4 aromatic rings. The van der Waals surface area contributed by atoms with Crippen molar-refractivity contribution in [1.82, 2.24) is 16.0 Å². The van der Waals surface area contributed by atoms with E-state index >= 15 is 0 Å². The van der Waals surface area contributed by atoms with E-state index in [-0.39, 0.29) is 33.7 Å². The van der Waals surface area contributed by atoms with Crippen LogP contribution < -0.4 is 31.9 Å². The Morgan fingerprint density at radius 2 is 0.946 bits per heavy atom. The molecule has 0 unspecified atom stereocenters. The molecule has 0 aromatic heterocycles. The fourth-order valence-electron chi connectivity index (χ4n) is 5.24. The molecule has 4 rings (SSSR count). The fourth-order valence-corrected chi connectivity index (χ4v) is 6.28. The number of phenolic OH excluding ortho intramolecular Hbond substituents is 3. The maximum Gasteiger partial charge on any atom is 0.171 e. The highest BCUT2D eigenvalue weighted by Gasteiger charge is 2.26. The van der Waals surface area contributed by atoms with Gasteiger partial charge in [-0.1, -0.05) is 51.1 Å². The first-order chi connectivity index (χ1) is 25.9. The lowest BCUT2D eigenvalue weighted by molar-refractivity contribution is 0.268. The minimum atomic E-state index is -0.679. The van der Waals surface area contributed by atoms with Crippen molar-refractivity contribution in [3.63, 3.8) is 0 Å². The van der Waals surface area contributed by atoms with Crippen molar-refractivity contribution in [2.24, 2.45) is 5.41 Å². The zero-order valence-corrected chi connectivity index (χ0v) is 35.4. The molecule has 9 N–H and O–H groups in total. The van der Waals surface area contributed by atoms with Gasteiger partial charge in [0.2, 0.25) is 0 Å². The minimum Gasteiger partial charge on any atom is -0.505 e. The Labute approximate surface area is 344 Å². The average molecular weight is 831 g/mol. The number of aromatic hydroxyl groups is 3. The number of halogens is 3. The molecule has 304 valence electrons. The Hall–Kier alpha value is -4.86. The van der Waals surface area contributed by atoms with Crippen LogP contribution in [0.2, 0.25) is 0 Å². The second-order valence-corrected chi connectivity index (χ2v) is 16.9. The van der Waals surface area contributed by atoms with E-state index < -0.39 is 17.5 Å². The highest BCUT2D eigenvalue weighted by Crippen LogP contribution is 2.27. The maximum atomic E-state index is 13.2. The Balaban J connectivity index is 0.000000292. The predicted octanol–water partition coefficient (Wildman–Crippen LogP) is 9.71. The number of thiocarbonyl (C=S) groups is 3. The van der Waals surface area contributed by atoms with Crippen LogP contribution >= 0.6 is 36.7 Å². The summed E-state index contributed by atoms with van der Waals surface area (Å²) in [6.07, 6.45) is 1.79. The molecule has 0 amide bonds. The van der Waals surface area contributed by atoms with Crippen LogP contribution in [0.4, 0.5) is 30.2 Å². The molecule has 0 saturated carbocycles. The molecule has 0 aliphatic carbocycles. The molecule has 0 heterocycles. The quantitative estimate of drug-likeness (QED) is 0.0619. The molecule has 0 aliphatic rings. The van der Waals surface area contributed by atoms with E-state index in [1.54, 1.807) is 18.2 Å². The Bertz CT molecular complexity index is 1920. The zero-order chi connectivity index (χ0) is 42.3. The van der Waals surface area contributed by atoms with Crippen molar-refractivity contribution < 1.29 is 28.5 Å². The van der Waals surface area contributed by atoms with Crippen LogP contribution in [0.15, 0.2) is 84.9 Å². The SMILES string of the molecule is CC(C)(C)CC(C)(C)NC(=S)Nc1ccc(O)c(F)c1.CC(C)(C)NC(=S)Nc1ccc(O)c(F)c1.Oc1ccc(NC(=S)NCCc2ccccc2)cc1F. The van der Waals surface area contributed by atoms with Crippen LogP contribution in [0, 0.1) is 22.9 Å². The number of hydrogen-bond donors (Lipinski definition) is 9. The number of nitrogens with one attached hydrogen (secondary N) is 6. The van der Waals surface area contributed by atoms with Gasteiger partial charge in [-0.25, -0.2) is 13.2 Å². The lowest BCUT2D eigenvalue weighted by Gasteiger charge is -2.34. The fraction of sp³-hybridized carbons (Fsp3) is 0.341. The summed E-state index contributed by atoms with van der Waals surface area (Å²) < 4.78 is 39.4. The molecular weight excluding hydrogens is 778 g/mol. The molecule has 0 atom stereocenters. The van der Waals surface area contributed by atoms with E-state index in [2.05, 4.69) is 66.5 Å². The van der Waals surface area contributed by atoms with Gasteiger partial charge in [-0.15, -0.1) is 0 Å². The summed E-state index contributed by atoms with van der Waals surface area (Å²) in [7, 11) is 0. The molecule has 0 saturated heterocycles. The first-order valence-corrected chi connectivity index (χ1v) is 18.9. The van der Waals surface area contributed by atoms with E-state index in [4.69, 9.17) is 52.0 Å². The molecule has 0 bridgehead atoms. The van der Waals surface area contributed by atoms with Gasteiger partial charge < -0.3 is 47.2 Å². The van der Waals surface area contributed by atoms with Crippen LogP contribution in [0.3, 0.4) is 0 Å². The third-order valence-corrected chi connectivity index (χ3v) is 7.73. The standard InChI is InChI=1S/C15H15FN2OS.C15H23FN2OS.C11H15FN2OS/c16-13-10-12(6-7-14(13)19)18-15(20)17-9-8-11-4-2-1-3-5-11;1-14(2,3)9-15(4,5)18-13(20)17-10-6-7-12(19)11(16)8-10;1-11(2,3)14-10(16)13-7-4-5-9(15)8(12)6-7/h1-7,10,19H,8-9H2,(H2,17,18,20);6-8,19H,9H2,1-5H3,(H2,17,18,20);4-6,15H,1-3H3,(H2,13,14,16). The van der Waals surface area contributed by atoms with Crippen molar-refractivity contribution in [1.29, 1.82) is 0 Å². The van der Waals surface area contributed by atoms with Gasteiger partial charge in [0.25, 0.3) is 0 Å². The lowest BCUT2D eigenvalue weighted by Crippen LogP contribution is -2.47. The molecule has 0 radical (unpaired) electrons. The molecule has 4 aromatic carbocycles. The summed E-state index contributed by atoms with van der Waals surface area (Å²) in [5.74, 6) is -3.15. The molecule has 0 aliphatic heterocycles. The Morgan fingerprint density at radius 3 is 1.32 bits per heavy atom. The third kappa shape index (κ3) is 19.6. The van der Waals surface area contributed by atoms with Gasteiger partial charge in [0.05, 0.1) is 0 Å². The Kier molecular flexibility index (Phi) is 18.1. The predicted molar refractivity (Wildman–Crippen MR) is 235 cm³/mol. The number of benzene rings is 4. The smallest absolute Gasteiger partial charge is 0.171 e. The van der Waals surface area contributed by atoms with Crippen LogP contribution in [0.1, 0.15) is 67.4 Å². The number of rotatable bonds is 8. The molecule has 9 nitrogen and oxygen atoms in total. The molecular formula is C41H53F3N6O3S3. The molecule has 0 fully saturated rings. The molecule has 56 heavy (non-hydrogen) atoms. The first kappa shape index (κ1) is 47.3. The third-order valence-electron chi connectivity index (χ3n) is 7.07. The van der Waals surface area contributed by atoms with Crippen molar-refractivity contribution >= 4 is 69.1 Å². The van der Waals surface area contributed by atoms with Crippen LogP contribution in [0.5, 0.6) is 17.2 Å². The van der Waals surface area contributed by atoms with Gasteiger partial charge in [-0.2, -0.15) is 0 Å². The average Bonchev–Trinajstić information content (AvgIpc) is 3.05. The number of anilines is 3. The second kappa shape index (κ2) is 21.4. The topological polar surface area (TPSA) is 133 Å². The monoisotopic (exact) mass is 830 g/mol. The van der Waals surface area contributed by atoms with E-state index in [0.717, 1.165) is 12.8 Å². The maximum absolute atomic E-state index is 13.2. The second-order valence-electron chi connectivity index (χ2n) is 15.6. The van der Waals surface area contributed by atoms with Gasteiger partial charge in [0.1, 0.15) is 0 Å². The van der Waals surface area contributed by atoms with E-state index in [9.17, 15) is 13.2 Å². The minimum absolute atomic E-state index is 0.153. The van der Waals surface area contributed by atoms with E-state index in [0.29, 0.717) is 38.9 Å². The van der Waals surface area contributed by atoms with Crippen LogP contribution in [-0.4, -0.2) is 48.3 Å². The van der Waals surface area contributed by atoms with Gasteiger partial charge in [0.15, 0.2) is 50.0 Å². The van der Waals surface area contributed by atoms with Gasteiger partial charge in [0, 0.05) is 52.9 Å². The normalized spacial score (nSPS) is 11.1.